The van der Waals surface area contributed by atoms with Gasteiger partial charge in [-0.1, -0.05) is 0 Å². The third-order valence-corrected chi connectivity index (χ3v) is 2.92. The second-order valence-corrected chi connectivity index (χ2v) is 5.47. The van der Waals surface area contributed by atoms with E-state index in [9.17, 15) is 13.2 Å². The molecule has 1 rings (SSSR count). The van der Waals surface area contributed by atoms with Gasteiger partial charge in [-0.15, -0.1) is 0 Å². The number of hydrogen-bond acceptors (Lipinski definition) is 4. The van der Waals surface area contributed by atoms with E-state index in [0.29, 0.717) is 12.0 Å². The zero-order chi connectivity index (χ0) is 10.8. The van der Waals surface area contributed by atoms with Gasteiger partial charge in [-0.2, -0.15) is 0 Å². The van der Waals surface area contributed by atoms with Gasteiger partial charge in [-0.05, 0) is 6.92 Å². The Labute approximate surface area is 82.7 Å². The number of nitrogens with zero attached hydrogens (tertiary/aromatic N) is 2. The SMILES string of the molecule is CC(CS(C)(=O)=O)n1cncc1C=O. The Morgan fingerprint density at radius 1 is 1.64 bits per heavy atom. The molecule has 1 unspecified atom stereocenters. The number of rotatable bonds is 4. The number of sulfone groups is 1. The lowest BCUT2D eigenvalue weighted by Gasteiger charge is -2.12. The minimum atomic E-state index is -3.04. The van der Waals surface area contributed by atoms with Crippen LogP contribution in [0.25, 0.3) is 0 Å². The monoisotopic (exact) mass is 216 g/mol. The first-order valence-electron chi connectivity index (χ1n) is 4.09. The number of imidazole rings is 1. The Hall–Kier alpha value is -1.17. The molecule has 1 aromatic rings. The van der Waals surface area contributed by atoms with E-state index in [2.05, 4.69) is 4.98 Å². The first kappa shape index (κ1) is 10.9. The van der Waals surface area contributed by atoms with E-state index < -0.39 is 9.84 Å². The van der Waals surface area contributed by atoms with Crippen LogP contribution in [0, 0.1) is 0 Å². The molecule has 0 aliphatic rings. The molecule has 0 aliphatic carbocycles. The molecule has 1 heterocycles. The molecule has 0 spiro atoms. The molecule has 14 heavy (non-hydrogen) atoms. The van der Waals surface area contributed by atoms with E-state index in [1.54, 1.807) is 11.5 Å². The Morgan fingerprint density at radius 3 is 2.79 bits per heavy atom. The average Bonchev–Trinajstić information content (AvgIpc) is 2.47. The Balaban J connectivity index is 2.89. The largest absolute Gasteiger partial charge is 0.325 e. The van der Waals surface area contributed by atoms with Crippen LogP contribution < -0.4 is 0 Å². The van der Waals surface area contributed by atoms with Crippen molar-refractivity contribution in [3.63, 3.8) is 0 Å². The maximum Gasteiger partial charge on any atom is 0.168 e. The normalized spacial score (nSPS) is 13.9. The van der Waals surface area contributed by atoms with Crippen LogP contribution in [0.4, 0.5) is 0 Å². The van der Waals surface area contributed by atoms with Crippen LogP contribution in [-0.4, -0.2) is 36.3 Å². The Bertz CT molecular complexity index is 422. The molecule has 0 saturated carbocycles. The molecule has 78 valence electrons. The van der Waals surface area contributed by atoms with Gasteiger partial charge in [-0.3, -0.25) is 4.79 Å². The van der Waals surface area contributed by atoms with E-state index in [0.717, 1.165) is 0 Å². The standard InChI is InChI=1S/C8H12N2O3S/c1-7(5-14(2,12)13)10-6-9-3-8(10)4-11/h3-4,6-7H,5H2,1-2H3. The molecule has 0 fully saturated rings. The molecular formula is C8H12N2O3S. The van der Waals surface area contributed by atoms with Gasteiger partial charge in [0.25, 0.3) is 0 Å². The molecule has 6 heteroatoms. The van der Waals surface area contributed by atoms with Crippen LogP contribution in [0.1, 0.15) is 23.5 Å². The van der Waals surface area contributed by atoms with Crippen LogP contribution in [0.3, 0.4) is 0 Å². The highest BCUT2D eigenvalue weighted by molar-refractivity contribution is 7.90. The van der Waals surface area contributed by atoms with E-state index in [1.807, 2.05) is 0 Å². The van der Waals surface area contributed by atoms with Crippen molar-refractivity contribution in [2.45, 2.75) is 13.0 Å². The fraction of sp³-hybridized carbons (Fsp3) is 0.500. The van der Waals surface area contributed by atoms with Crippen LogP contribution >= 0.6 is 0 Å². The summed E-state index contributed by atoms with van der Waals surface area (Å²) in [7, 11) is -3.04. The van der Waals surface area contributed by atoms with Gasteiger partial charge < -0.3 is 4.57 Å². The van der Waals surface area contributed by atoms with Gasteiger partial charge in [0.1, 0.15) is 15.5 Å². The van der Waals surface area contributed by atoms with Gasteiger partial charge >= 0.3 is 0 Å². The Morgan fingerprint density at radius 2 is 2.29 bits per heavy atom. The molecule has 0 bridgehead atoms. The zero-order valence-corrected chi connectivity index (χ0v) is 8.86. The maximum absolute atomic E-state index is 11.0. The van der Waals surface area contributed by atoms with Crippen LogP contribution in [0.2, 0.25) is 0 Å². The zero-order valence-electron chi connectivity index (χ0n) is 8.04. The summed E-state index contributed by atoms with van der Waals surface area (Å²) in [5.41, 5.74) is 0.390. The van der Waals surface area contributed by atoms with E-state index in [1.165, 1.54) is 18.8 Å². The predicted molar refractivity (Wildman–Crippen MR) is 52.0 cm³/mol. The number of carbonyl (C=O) groups is 1. The molecule has 0 radical (unpaired) electrons. The lowest BCUT2D eigenvalue weighted by molar-refractivity contribution is 0.111. The summed E-state index contributed by atoms with van der Waals surface area (Å²) in [6, 6.07) is -0.271. The van der Waals surface area contributed by atoms with Crippen LogP contribution in [0.5, 0.6) is 0 Å². The highest BCUT2D eigenvalue weighted by Gasteiger charge is 2.14. The fourth-order valence-corrected chi connectivity index (χ4v) is 2.33. The van der Waals surface area contributed by atoms with Gasteiger partial charge in [-0.25, -0.2) is 13.4 Å². The third-order valence-electron chi connectivity index (χ3n) is 1.84. The van der Waals surface area contributed by atoms with Gasteiger partial charge in [0.15, 0.2) is 6.29 Å². The van der Waals surface area contributed by atoms with Crippen molar-refractivity contribution in [1.29, 1.82) is 0 Å². The van der Waals surface area contributed by atoms with Crippen molar-refractivity contribution >= 4 is 16.1 Å². The highest BCUT2D eigenvalue weighted by Crippen LogP contribution is 2.10. The highest BCUT2D eigenvalue weighted by atomic mass is 32.2. The second-order valence-electron chi connectivity index (χ2n) is 3.29. The molecule has 1 aromatic heterocycles. The summed E-state index contributed by atoms with van der Waals surface area (Å²) < 4.78 is 23.6. The topological polar surface area (TPSA) is 69.0 Å². The van der Waals surface area contributed by atoms with Gasteiger partial charge in [0.2, 0.25) is 0 Å². The molecule has 0 N–H and O–H groups in total. The molecular weight excluding hydrogens is 204 g/mol. The summed E-state index contributed by atoms with van der Waals surface area (Å²) in [6.07, 6.45) is 4.69. The number of aldehydes is 1. The van der Waals surface area contributed by atoms with Crippen molar-refractivity contribution in [3.05, 3.63) is 18.2 Å². The Kier molecular flexibility index (Phi) is 3.05. The smallest absolute Gasteiger partial charge is 0.168 e. The van der Waals surface area contributed by atoms with Crippen molar-refractivity contribution in [2.75, 3.05) is 12.0 Å². The first-order chi connectivity index (χ1) is 6.44. The van der Waals surface area contributed by atoms with Crippen molar-refractivity contribution in [2.24, 2.45) is 0 Å². The quantitative estimate of drug-likeness (QED) is 0.679. The summed E-state index contributed by atoms with van der Waals surface area (Å²) in [5.74, 6) is 0.00417. The second kappa shape index (κ2) is 3.91. The summed E-state index contributed by atoms with van der Waals surface area (Å²) in [5, 5.41) is 0. The van der Waals surface area contributed by atoms with Crippen LogP contribution in [-0.2, 0) is 9.84 Å². The minimum Gasteiger partial charge on any atom is -0.325 e. The van der Waals surface area contributed by atoms with Crippen molar-refractivity contribution < 1.29 is 13.2 Å². The van der Waals surface area contributed by atoms with E-state index in [-0.39, 0.29) is 11.8 Å². The lowest BCUT2D eigenvalue weighted by Crippen LogP contribution is -2.17. The van der Waals surface area contributed by atoms with E-state index >= 15 is 0 Å². The first-order valence-corrected chi connectivity index (χ1v) is 6.15. The number of hydrogen-bond donors (Lipinski definition) is 0. The molecule has 1 atom stereocenters. The van der Waals surface area contributed by atoms with E-state index in [4.69, 9.17) is 0 Å². The fourth-order valence-electron chi connectivity index (χ4n) is 1.29. The third kappa shape index (κ3) is 2.66. The minimum absolute atomic E-state index is 0.00417. The summed E-state index contributed by atoms with van der Waals surface area (Å²) >= 11 is 0. The molecule has 0 saturated heterocycles. The molecule has 0 aliphatic heterocycles. The number of carbonyl (C=O) groups excluding carboxylic acids is 1. The molecule has 0 amide bonds. The summed E-state index contributed by atoms with van der Waals surface area (Å²) in [4.78, 5) is 14.3. The molecule has 0 aromatic carbocycles. The maximum atomic E-state index is 11.0. The molecule has 5 nitrogen and oxygen atoms in total. The van der Waals surface area contributed by atoms with Crippen molar-refractivity contribution in [3.8, 4) is 0 Å². The van der Waals surface area contributed by atoms with Gasteiger partial charge in [0, 0.05) is 12.3 Å². The van der Waals surface area contributed by atoms with Gasteiger partial charge in [0.05, 0.1) is 18.3 Å². The predicted octanol–water partition coefficient (Wildman–Crippen LogP) is 0.301. The number of aromatic nitrogens is 2. The van der Waals surface area contributed by atoms with Crippen molar-refractivity contribution in [1.82, 2.24) is 9.55 Å². The lowest BCUT2D eigenvalue weighted by atomic mass is 10.3. The average molecular weight is 216 g/mol. The van der Waals surface area contributed by atoms with Crippen LogP contribution in [0.15, 0.2) is 12.5 Å². The summed E-state index contributed by atoms with van der Waals surface area (Å²) in [6.45, 7) is 1.73.